The van der Waals surface area contributed by atoms with E-state index in [4.69, 9.17) is 4.74 Å². The van der Waals surface area contributed by atoms with E-state index >= 15 is 0 Å². The minimum Gasteiger partial charge on any atom is -0.380 e. The highest BCUT2D eigenvalue weighted by Crippen LogP contribution is 2.18. The number of unbranched alkanes of at least 4 members (excludes halogenated alkanes) is 2. The minimum atomic E-state index is 0.834. The van der Waals surface area contributed by atoms with E-state index in [1.165, 1.54) is 45.2 Å². The first-order chi connectivity index (χ1) is 7.83. The zero-order chi connectivity index (χ0) is 11.6. The fourth-order valence-corrected chi connectivity index (χ4v) is 1.75. The van der Waals surface area contributed by atoms with Gasteiger partial charge in [-0.1, -0.05) is 6.42 Å². The van der Waals surface area contributed by atoms with Gasteiger partial charge in [-0.05, 0) is 52.7 Å². The Hall–Kier alpha value is -0.120. The fraction of sp³-hybridized carbons (Fsp3) is 1.00. The van der Waals surface area contributed by atoms with Gasteiger partial charge < -0.3 is 15.0 Å². The van der Waals surface area contributed by atoms with Gasteiger partial charge in [0, 0.05) is 19.2 Å². The fourth-order valence-electron chi connectivity index (χ4n) is 1.75. The number of likely N-dealkylation sites (N-methyl/N-ethyl adjacent to an activating group) is 1. The molecule has 0 aromatic rings. The molecule has 0 aromatic heterocycles. The van der Waals surface area contributed by atoms with Crippen LogP contribution in [0.15, 0.2) is 0 Å². The van der Waals surface area contributed by atoms with Crippen LogP contribution in [-0.4, -0.2) is 50.8 Å². The largest absolute Gasteiger partial charge is 0.380 e. The summed E-state index contributed by atoms with van der Waals surface area (Å²) in [6.45, 7) is 7.24. The first-order valence-corrected chi connectivity index (χ1v) is 6.82. The van der Waals surface area contributed by atoms with Crippen LogP contribution in [0.3, 0.4) is 0 Å². The summed E-state index contributed by atoms with van der Waals surface area (Å²) in [5.74, 6) is 0. The summed E-state index contributed by atoms with van der Waals surface area (Å²) in [4.78, 5) is 2.37. The third-order valence-electron chi connectivity index (χ3n) is 3.05. The molecule has 1 saturated carbocycles. The summed E-state index contributed by atoms with van der Waals surface area (Å²) in [7, 11) is 2.18. The summed E-state index contributed by atoms with van der Waals surface area (Å²) >= 11 is 0. The van der Waals surface area contributed by atoms with Crippen molar-refractivity contribution in [1.82, 2.24) is 10.2 Å². The second kappa shape index (κ2) is 8.97. The molecule has 0 amide bonds. The summed E-state index contributed by atoms with van der Waals surface area (Å²) in [5, 5.41) is 3.55. The number of rotatable bonds is 11. The lowest BCUT2D eigenvalue weighted by atomic mass is 10.2. The Morgan fingerprint density at radius 2 is 2.00 bits per heavy atom. The molecule has 1 N–H and O–H groups in total. The second-order valence-electron chi connectivity index (χ2n) is 4.79. The Balaban J connectivity index is 1.74. The average Bonchev–Trinajstić information content (AvgIpc) is 3.07. The van der Waals surface area contributed by atoms with Crippen LogP contribution in [0.1, 0.15) is 39.0 Å². The third kappa shape index (κ3) is 8.08. The summed E-state index contributed by atoms with van der Waals surface area (Å²) in [6.07, 6.45) is 6.80. The summed E-state index contributed by atoms with van der Waals surface area (Å²) in [6, 6.07) is 0.869. The lowest BCUT2D eigenvalue weighted by molar-refractivity contribution is 0.121. The Bertz CT molecular complexity index is 160. The molecule has 1 aliphatic carbocycles. The van der Waals surface area contributed by atoms with Crippen LogP contribution in [0.2, 0.25) is 0 Å². The van der Waals surface area contributed by atoms with Crippen molar-refractivity contribution in [2.75, 3.05) is 39.9 Å². The van der Waals surface area contributed by atoms with Gasteiger partial charge in [-0.2, -0.15) is 0 Å². The molecule has 3 heteroatoms. The van der Waals surface area contributed by atoms with Crippen LogP contribution in [0, 0.1) is 0 Å². The quantitative estimate of drug-likeness (QED) is 0.546. The van der Waals surface area contributed by atoms with Crippen molar-refractivity contribution >= 4 is 0 Å². The van der Waals surface area contributed by atoms with Gasteiger partial charge >= 0.3 is 0 Å². The first-order valence-electron chi connectivity index (χ1n) is 6.82. The standard InChI is InChI=1S/C13H28N2O/c1-3-16-12-11-15(2)10-6-4-5-9-14-13-7-8-13/h13-14H,3-12H2,1-2H3. The van der Waals surface area contributed by atoms with Gasteiger partial charge in [-0.15, -0.1) is 0 Å². The Labute approximate surface area is 101 Å². The number of hydrogen-bond donors (Lipinski definition) is 1. The molecule has 16 heavy (non-hydrogen) atoms. The molecule has 0 saturated heterocycles. The molecule has 0 spiro atoms. The maximum absolute atomic E-state index is 5.33. The van der Waals surface area contributed by atoms with Gasteiger partial charge in [0.25, 0.3) is 0 Å². The van der Waals surface area contributed by atoms with Gasteiger partial charge in [0.05, 0.1) is 6.61 Å². The van der Waals surface area contributed by atoms with Crippen LogP contribution in [0.4, 0.5) is 0 Å². The van der Waals surface area contributed by atoms with Gasteiger partial charge in [0.2, 0.25) is 0 Å². The highest BCUT2D eigenvalue weighted by molar-refractivity contribution is 4.80. The van der Waals surface area contributed by atoms with E-state index in [-0.39, 0.29) is 0 Å². The average molecular weight is 228 g/mol. The molecule has 0 bridgehead atoms. The molecular formula is C13H28N2O. The van der Waals surface area contributed by atoms with Crippen molar-refractivity contribution in [3.05, 3.63) is 0 Å². The van der Waals surface area contributed by atoms with Gasteiger partial charge in [-0.25, -0.2) is 0 Å². The molecule has 0 aliphatic heterocycles. The highest BCUT2D eigenvalue weighted by atomic mass is 16.5. The molecular weight excluding hydrogens is 200 g/mol. The smallest absolute Gasteiger partial charge is 0.0593 e. The molecule has 0 unspecified atom stereocenters. The third-order valence-corrected chi connectivity index (χ3v) is 3.05. The Morgan fingerprint density at radius 1 is 1.19 bits per heavy atom. The predicted octanol–water partition coefficient (Wildman–Crippen LogP) is 1.88. The van der Waals surface area contributed by atoms with E-state index in [1.54, 1.807) is 0 Å². The molecule has 1 fully saturated rings. The van der Waals surface area contributed by atoms with Gasteiger partial charge in [0.15, 0.2) is 0 Å². The van der Waals surface area contributed by atoms with E-state index in [2.05, 4.69) is 17.3 Å². The molecule has 0 aromatic carbocycles. The number of ether oxygens (including phenoxy) is 1. The molecule has 0 radical (unpaired) electrons. The summed E-state index contributed by atoms with van der Waals surface area (Å²) in [5.41, 5.74) is 0. The monoisotopic (exact) mass is 228 g/mol. The van der Waals surface area contributed by atoms with Crippen LogP contribution < -0.4 is 5.32 Å². The number of hydrogen-bond acceptors (Lipinski definition) is 3. The number of nitrogens with zero attached hydrogens (tertiary/aromatic N) is 1. The SMILES string of the molecule is CCOCCN(C)CCCCCNC1CC1. The zero-order valence-electron chi connectivity index (χ0n) is 11.0. The molecule has 96 valence electrons. The highest BCUT2D eigenvalue weighted by Gasteiger charge is 2.19. The van der Waals surface area contributed by atoms with Crippen molar-refractivity contribution in [2.45, 2.75) is 45.1 Å². The molecule has 0 heterocycles. The number of nitrogens with one attached hydrogen (secondary N) is 1. The molecule has 1 rings (SSSR count). The predicted molar refractivity (Wildman–Crippen MR) is 68.9 cm³/mol. The Kier molecular flexibility index (Phi) is 7.81. The molecule has 1 aliphatic rings. The molecule has 0 atom stereocenters. The topological polar surface area (TPSA) is 24.5 Å². The zero-order valence-corrected chi connectivity index (χ0v) is 11.0. The maximum Gasteiger partial charge on any atom is 0.0593 e. The minimum absolute atomic E-state index is 0.834. The van der Waals surface area contributed by atoms with Crippen molar-refractivity contribution in [3.63, 3.8) is 0 Å². The molecule has 3 nitrogen and oxygen atoms in total. The lowest BCUT2D eigenvalue weighted by Crippen LogP contribution is -2.24. The first kappa shape index (κ1) is 13.9. The van der Waals surface area contributed by atoms with E-state index in [0.29, 0.717) is 0 Å². The van der Waals surface area contributed by atoms with E-state index in [0.717, 1.165) is 25.8 Å². The Morgan fingerprint density at radius 3 is 2.69 bits per heavy atom. The van der Waals surface area contributed by atoms with Crippen LogP contribution in [-0.2, 0) is 4.74 Å². The van der Waals surface area contributed by atoms with Gasteiger partial charge in [0.1, 0.15) is 0 Å². The van der Waals surface area contributed by atoms with Crippen LogP contribution >= 0.6 is 0 Å². The normalized spacial score (nSPS) is 15.9. The van der Waals surface area contributed by atoms with Crippen LogP contribution in [0.5, 0.6) is 0 Å². The van der Waals surface area contributed by atoms with E-state index in [1.807, 2.05) is 6.92 Å². The maximum atomic E-state index is 5.33. The van der Waals surface area contributed by atoms with E-state index in [9.17, 15) is 0 Å². The van der Waals surface area contributed by atoms with E-state index < -0.39 is 0 Å². The lowest BCUT2D eigenvalue weighted by Gasteiger charge is -2.16. The van der Waals surface area contributed by atoms with Crippen LogP contribution in [0.25, 0.3) is 0 Å². The summed E-state index contributed by atoms with van der Waals surface area (Å²) < 4.78 is 5.33. The van der Waals surface area contributed by atoms with Crippen molar-refractivity contribution in [3.8, 4) is 0 Å². The van der Waals surface area contributed by atoms with Crippen molar-refractivity contribution < 1.29 is 4.74 Å². The second-order valence-corrected chi connectivity index (χ2v) is 4.79. The van der Waals surface area contributed by atoms with Crippen molar-refractivity contribution in [2.24, 2.45) is 0 Å². The van der Waals surface area contributed by atoms with Crippen molar-refractivity contribution in [1.29, 1.82) is 0 Å². The van der Waals surface area contributed by atoms with Gasteiger partial charge in [-0.3, -0.25) is 0 Å².